The second-order valence-electron chi connectivity index (χ2n) is 3.98. The van der Waals surface area contributed by atoms with Crippen molar-refractivity contribution in [2.24, 2.45) is 11.5 Å². The number of nitrogens with two attached hydrogens (primary N) is 2. The van der Waals surface area contributed by atoms with E-state index in [1.54, 1.807) is 12.1 Å². The van der Waals surface area contributed by atoms with Gasteiger partial charge in [-0.2, -0.15) is 0 Å². The van der Waals surface area contributed by atoms with E-state index in [1.165, 1.54) is 0 Å². The highest BCUT2D eigenvalue weighted by atomic mass is 16.1. The summed E-state index contributed by atoms with van der Waals surface area (Å²) >= 11 is 0. The Hall–Kier alpha value is -1.55. The van der Waals surface area contributed by atoms with Crippen LogP contribution in [0.25, 0.3) is 0 Å². The first-order valence-electron chi connectivity index (χ1n) is 5.08. The fourth-order valence-electron chi connectivity index (χ4n) is 1.82. The number of para-hydroxylation sites is 1. The van der Waals surface area contributed by atoms with Crippen LogP contribution in [0.3, 0.4) is 0 Å². The average Bonchev–Trinajstić information content (AvgIpc) is 2.16. The summed E-state index contributed by atoms with van der Waals surface area (Å²) in [5.41, 5.74) is 12.3. The van der Waals surface area contributed by atoms with Crippen LogP contribution in [0, 0.1) is 0 Å². The molecule has 0 atom stereocenters. The molecule has 0 aromatic heterocycles. The van der Waals surface area contributed by atoms with E-state index < -0.39 is 5.91 Å². The van der Waals surface area contributed by atoms with E-state index in [-0.39, 0.29) is 0 Å². The molecule has 1 aromatic carbocycles. The molecule has 1 aliphatic rings. The van der Waals surface area contributed by atoms with Gasteiger partial charge in [0.15, 0.2) is 0 Å². The van der Waals surface area contributed by atoms with E-state index in [0.29, 0.717) is 17.6 Å². The third-order valence-corrected chi connectivity index (χ3v) is 2.73. The Balaban J connectivity index is 2.10. The van der Waals surface area contributed by atoms with E-state index >= 15 is 0 Å². The first kappa shape index (κ1) is 9.98. The maximum Gasteiger partial charge on any atom is 0.250 e. The van der Waals surface area contributed by atoms with Gasteiger partial charge in [0.05, 0.1) is 5.56 Å². The summed E-state index contributed by atoms with van der Waals surface area (Å²) < 4.78 is 0. The van der Waals surface area contributed by atoms with Crippen molar-refractivity contribution < 1.29 is 4.79 Å². The third-order valence-electron chi connectivity index (χ3n) is 2.73. The molecule has 2 rings (SSSR count). The lowest BCUT2D eigenvalue weighted by Crippen LogP contribution is -2.44. The quantitative estimate of drug-likeness (QED) is 0.679. The van der Waals surface area contributed by atoms with Crippen molar-refractivity contribution in [3.8, 4) is 0 Å². The van der Waals surface area contributed by atoms with E-state index in [9.17, 15) is 4.79 Å². The number of rotatable bonds is 3. The van der Waals surface area contributed by atoms with Crippen molar-refractivity contribution in [1.82, 2.24) is 0 Å². The van der Waals surface area contributed by atoms with Crippen molar-refractivity contribution in [2.75, 3.05) is 5.32 Å². The molecule has 80 valence electrons. The number of hydrogen-bond donors (Lipinski definition) is 3. The molecular formula is C11H15N3O. The van der Waals surface area contributed by atoms with Gasteiger partial charge in [-0.25, -0.2) is 0 Å². The van der Waals surface area contributed by atoms with Crippen molar-refractivity contribution >= 4 is 11.6 Å². The van der Waals surface area contributed by atoms with E-state index in [2.05, 4.69) is 5.32 Å². The number of anilines is 1. The number of amides is 1. The minimum Gasteiger partial charge on any atom is -0.382 e. The normalized spacial score (nSPS) is 24.3. The predicted octanol–water partition coefficient (Wildman–Crippen LogP) is 0.687. The number of carbonyl (C=O) groups excluding carboxylic acids is 1. The largest absolute Gasteiger partial charge is 0.382 e. The zero-order valence-corrected chi connectivity index (χ0v) is 8.44. The van der Waals surface area contributed by atoms with Crippen LogP contribution in [0.15, 0.2) is 24.3 Å². The highest BCUT2D eigenvalue weighted by molar-refractivity contribution is 5.98. The summed E-state index contributed by atoms with van der Waals surface area (Å²) in [6.07, 6.45) is 1.90. The Bertz CT molecular complexity index is 372. The summed E-state index contributed by atoms with van der Waals surface area (Å²) in [6, 6.07) is 7.95. The highest BCUT2D eigenvalue weighted by Crippen LogP contribution is 2.24. The molecular weight excluding hydrogens is 190 g/mol. The van der Waals surface area contributed by atoms with Crippen LogP contribution in [0.1, 0.15) is 23.2 Å². The molecule has 5 N–H and O–H groups in total. The molecule has 0 aliphatic heterocycles. The Morgan fingerprint density at radius 2 is 2.00 bits per heavy atom. The number of primary amides is 1. The smallest absolute Gasteiger partial charge is 0.250 e. The highest BCUT2D eigenvalue weighted by Gasteiger charge is 2.26. The Morgan fingerprint density at radius 3 is 2.60 bits per heavy atom. The molecule has 15 heavy (non-hydrogen) atoms. The summed E-state index contributed by atoms with van der Waals surface area (Å²) in [5, 5.41) is 3.28. The minimum atomic E-state index is -0.401. The van der Waals surface area contributed by atoms with Gasteiger partial charge >= 0.3 is 0 Å². The number of benzene rings is 1. The molecule has 1 aromatic rings. The van der Waals surface area contributed by atoms with Crippen LogP contribution < -0.4 is 16.8 Å². The zero-order valence-electron chi connectivity index (χ0n) is 8.44. The lowest BCUT2D eigenvalue weighted by Gasteiger charge is -2.34. The van der Waals surface area contributed by atoms with Gasteiger partial charge < -0.3 is 16.8 Å². The lowest BCUT2D eigenvalue weighted by molar-refractivity contribution is 0.100. The molecule has 0 bridgehead atoms. The van der Waals surface area contributed by atoms with Crippen molar-refractivity contribution in [3.63, 3.8) is 0 Å². The predicted molar refractivity (Wildman–Crippen MR) is 59.6 cm³/mol. The lowest BCUT2D eigenvalue weighted by atomic mass is 9.87. The monoisotopic (exact) mass is 205 g/mol. The molecule has 0 saturated heterocycles. The van der Waals surface area contributed by atoms with Gasteiger partial charge in [0.1, 0.15) is 0 Å². The van der Waals surface area contributed by atoms with Gasteiger partial charge in [-0.3, -0.25) is 4.79 Å². The van der Waals surface area contributed by atoms with Crippen LogP contribution >= 0.6 is 0 Å². The molecule has 1 fully saturated rings. The van der Waals surface area contributed by atoms with Crippen molar-refractivity contribution in [2.45, 2.75) is 24.9 Å². The van der Waals surface area contributed by atoms with Crippen molar-refractivity contribution in [1.29, 1.82) is 0 Å². The van der Waals surface area contributed by atoms with Crippen LogP contribution in [0.5, 0.6) is 0 Å². The second-order valence-corrected chi connectivity index (χ2v) is 3.98. The Labute approximate surface area is 88.6 Å². The number of nitrogens with one attached hydrogen (secondary N) is 1. The van der Waals surface area contributed by atoms with Gasteiger partial charge in [-0.1, -0.05) is 12.1 Å². The topological polar surface area (TPSA) is 81.1 Å². The van der Waals surface area contributed by atoms with Gasteiger partial charge in [0.2, 0.25) is 0 Å². The van der Waals surface area contributed by atoms with E-state index in [0.717, 1.165) is 18.5 Å². The molecule has 1 saturated carbocycles. The average molecular weight is 205 g/mol. The number of hydrogen-bond acceptors (Lipinski definition) is 3. The van der Waals surface area contributed by atoms with Crippen LogP contribution in [-0.2, 0) is 0 Å². The Kier molecular flexibility index (Phi) is 2.60. The third kappa shape index (κ3) is 2.10. The standard InChI is InChI=1S/C11H15N3O/c12-7-5-8(6-7)14-10-4-2-1-3-9(10)11(13)15/h1-4,7-8,14H,5-6,12H2,(H2,13,15). The van der Waals surface area contributed by atoms with Gasteiger partial charge in [-0.15, -0.1) is 0 Å². The van der Waals surface area contributed by atoms with Crippen LogP contribution in [0.2, 0.25) is 0 Å². The SMILES string of the molecule is NC(=O)c1ccccc1NC1CC(N)C1. The molecule has 0 unspecified atom stereocenters. The maximum absolute atomic E-state index is 11.1. The van der Waals surface area contributed by atoms with Crippen molar-refractivity contribution in [3.05, 3.63) is 29.8 Å². The van der Waals surface area contributed by atoms with Crippen LogP contribution in [0.4, 0.5) is 5.69 Å². The number of carbonyl (C=O) groups is 1. The van der Waals surface area contributed by atoms with Gasteiger partial charge in [0.25, 0.3) is 5.91 Å². The first-order chi connectivity index (χ1) is 7.16. The fraction of sp³-hybridized carbons (Fsp3) is 0.364. The van der Waals surface area contributed by atoms with E-state index in [4.69, 9.17) is 11.5 Å². The fourth-order valence-corrected chi connectivity index (χ4v) is 1.82. The molecule has 1 amide bonds. The molecule has 1 aliphatic carbocycles. The second kappa shape index (κ2) is 3.90. The summed E-state index contributed by atoms with van der Waals surface area (Å²) in [6.45, 7) is 0. The van der Waals surface area contributed by atoms with Gasteiger partial charge in [0, 0.05) is 17.8 Å². The maximum atomic E-state index is 11.1. The van der Waals surface area contributed by atoms with Gasteiger partial charge in [-0.05, 0) is 25.0 Å². The first-order valence-corrected chi connectivity index (χ1v) is 5.08. The summed E-state index contributed by atoms with van der Waals surface area (Å²) in [7, 11) is 0. The molecule has 0 spiro atoms. The summed E-state index contributed by atoms with van der Waals surface area (Å²) in [4.78, 5) is 11.1. The molecule has 4 nitrogen and oxygen atoms in total. The Morgan fingerprint density at radius 1 is 1.33 bits per heavy atom. The molecule has 0 radical (unpaired) electrons. The van der Waals surface area contributed by atoms with Crippen LogP contribution in [-0.4, -0.2) is 18.0 Å². The minimum absolute atomic E-state index is 0.295. The van der Waals surface area contributed by atoms with E-state index in [1.807, 2.05) is 12.1 Å². The summed E-state index contributed by atoms with van der Waals surface area (Å²) in [5.74, 6) is -0.401. The zero-order chi connectivity index (χ0) is 10.8. The molecule has 4 heteroatoms. The molecule has 0 heterocycles.